The summed E-state index contributed by atoms with van der Waals surface area (Å²) in [5, 5.41) is 5.24. The van der Waals surface area contributed by atoms with Crippen LogP contribution in [0.15, 0.2) is 36.4 Å². The maximum atomic E-state index is 14.5. The average Bonchev–Trinajstić information content (AvgIpc) is 2.99. The number of amides is 3. The van der Waals surface area contributed by atoms with Crippen molar-refractivity contribution in [1.29, 1.82) is 0 Å². The third-order valence-electron chi connectivity index (χ3n) is 8.49. The molecule has 2 aromatic rings. The first-order valence-corrected chi connectivity index (χ1v) is 15.2. The molecule has 1 heterocycles. The Hall–Kier alpha value is -4.06. The number of nitrogens with zero attached hydrogens (tertiary/aromatic N) is 1. The van der Waals surface area contributed by atoms with Crippen molar-refractivity contribution < 1.29 is 37.4 Å². The minimum atomic E-state index is -1.01. The number of para-hydroxylation sites is 1. The molecule has 10 nitrogen and oxygen atoms in total. The maximum absolute atomic E-state index is 14.5. The fourth-order valence-electron chi connectivity index (χ4n) is 5.84. The SMILES string of the molecule is C[C@@H](C(=O)N[C@H](C(=O)C1Cc2cc(N)ccc2C[C@H]1C(=O)Nc1c(F)cccc1F)C1CCOCC1)N(C)C(=O)OC(C)(C)C. The van der Waals surface area contributed by atoms with Gasteiger partial charge in [0.25, 0.3) is 0 Å². The Kier molecular flexibility index (Phi) is 10.5. The monoisotopic (exact) mass is 628 g/mol. The van der Waals surface area contributed by atoms with E-state index in [0.29, 0.717) is 31.7 Å². The number of carbonyl (C=O) groups is 4. The van der Waals surface area contributed by atoms with E-state index in [1.54, 1.807) is 39.0 Å². The molecule has 0 aromatic heterocycles. The van der Waals surface area contributed by atoms with Crippen LogP contribution in [0.1, 0.15) is 51.7 Å². The number of halogens is 2. The lowest BCUT2D eigenvalue weighted by molar-refractivity contribution is -0.137. The fraction of sp³-hybridized carbons (Fsp3) is 0.515. The molecule has 2 aliphatic rings. The molecular weight excluding hydrogens is 586 g/mol. The summed E-state index contributed by atoms with van der Waals surface area (Å²) in [6, 6.07) is 6.49. The molecule has 0 radical (unpaired) electrons. The van der Waals surface area contributed by atoms with Crippen molar-refractivity contribution in [2.75, 3.05) is 31.3 Å². The minimum Gasteiger partial charge on any atom is -0.444 e. The summed E-state index contributed by atoms with van der Waals surface area (Å²) in [4.78, 5) is 55.6. The number of likely N-dealkylation sites (N-methyl/N-ethyl adjacent to an activating group) is 1. The van der Waals surface area contributed by atoms with Gasteiger partial charge in [0.05, 0.1) is 12.0 Å². The van der Waals surface area contributed by atoms with E-state index in [9.17, 15) is 28.0 Å². The van der Waals surface area contributed by atoms with Gasteiger partial charge >= 0.3 is 6.09 Å². The summed E-state index contributed by atoms with van der Waals surface area (Å²) in [6.07, 6.45) is 0.541. The van der Waals surface area contributed by atoms with Gasteiger partial charge in [-0.25, -0.2) is 13.6 Å². The van der Waals surface area contributed by atoms with Crippen molar-refractivity contribution in [3.8, 4) is 0 Å². The summed E-state index contributed by atoms with van der Waals surface area (Å²) in [7, 11) is 1.44. The van der Waals surface area contributed by atoms with Crippen LogP contribution in [0.3, 0.4) is 0 Å². The predicted molar refractivity (Wildman–Crippen MR) is 164 cm³/mol. The fourth-order valence-corrected chi connectivity index (χ4v) is 5.84. The van der Waals surface area contributed by atoms with Crippen molar-refractivity contribution in [3.05, 3.63) is 59.2 Å². The first-order chi connectivity index (χ1) is 21.2. The van der Waals surface area contributed by atoms with E-state index >= 15 is 0 Å². The minimum absolute atomic E-state index is 0.125. The molecule has 1 unspecified atom stereocenters. The summed E-state index contributed by atoms with van der Waals surface area (Å²) in [5.41, 5.74) is 6.74. The number of anilines is 2. The second kappa shape index (κ2) is 13.9. The number of fused-ring (bicyclic) bond motifs is 1. The van der Waals surface area contributed by atoms with E-state index in [1.165, 1.54) is 20.0 Å². The molecule has 1 aliphatic heterocycles. The van der Waals surface area contributed by atoms with Crippen molar-refractivity contribution in [2.45, 2.75) is 71.1 Å². The lowest BCUT2D eigenvalue weighted by atomic mass is 9.70. The molecule has 1 aliphatic carbocycles. The molecule has 244 valence electrons. The molecule has 0 spiro atoms. The van der Waals surface area contributed by atoms with Gasteiger partial charge < -0.3 is 25.8 Å². The number of hydrogen-bond donors (Lipinski definition) is 3. The second-order valence-electron chi connectivity index (χ2n) is 12.8. The Balaban J connectivity index is 1.65. The molecule has 3 amide bonds. The number of rotatable bonds is 8. The molecule has 4 rings (SSSR count). The Morgan fingerprint density at radius 1 is 1.00 bits per heavy atom. The molecular formula is C33H42F2N4O6. The zero-order valence-electron chi connectivity index (χ0n) is 26.3. The molecule has 0 bridgehead atoms. The van der Waals surface area contributed by atoms with Gasteiger partial charge in [-0.15, -0.1) is 0 Å². The largest absolute Gasteiger partial charge is 0.444 e. The van der Waals surface area contributed by atoms with Crippen LogP contribution < -0.4 is 16.4 Å². The maximum Gasteiger partial charge on any atom is 0.410 e. The third-order valence-corrected chi connectivity index (χ3v) is 8.49. The quantitative estimate of drug-likeness (QED) is 0.372. The molecule has 1 fully saturated rings. The predicted octanol–water partition coefficient (Wildman–Crippen LogP) is 4.25. The molecule has 4 N–H and O–H groups in total. The van der Waals surface area contributed by atoms with Crippen molar-refractivity contribution in [2.24, 2.45) is 17.8 Å². The third kappa shape index (κ3) is 8.16. The molecule has 0 saturated carbocycles. The van der Waals surface area contributed by atoms with Crippen LogP contribution in [-0.2, 0) is 36.7 Å². The zero-order valence-corrected chi connectivity index (χ0v) is 26.3. The van der Waals surface area contributed by atoms with Crippen molar-refractivity contribution in [1.82, 2.24) is 10.2 Å². The highest BCUT2D eigenvalue weighted by molar-refractivity contribution is 6.00. The highest BCUT2D eigenvalue weighted by Gasteiger charge is 2.44. The number of benzene rings is 2. The average molecular weight is 629 g/mol. The molecule has 4 atom stereocenters. The van der Waals surface area contributed by atoms with Crippen LogP contribution in [0, 0.1) is 29.4 Å². The molecule has 45 heavy (non-hydrogen) atoms. The van der Waals surface area contributed by atoms with Crippen LogP contribution in [-0.4, -0.2) is 66.5 Å². The summed E-state index contributed by atoms with van der Waals surface area (Å²) in [5.74, 6) is -5.78. The topological polar surface area (TPSA) is 140 Å². The van der Waals surface area contributed by atoms with Crippen LogP contribution in [0.4, 0.5) is 25.0 Å². The van der Waals surface area contributed by atoms with Crippen LogP contribution in [0.25, 0.3) is 0 Å². The van der Waals surface area contributed by atoms with Gasteiger partial charge in [-0.3, -0.25) is 19.3 Å². The van der Waals surface area contributed by atoms with Crippen LogP contribution in [0.2, 0.25) is 0 Å². The number of nitrogen functional groups attached to an aromatic ring is 1. The van der Waals surface area contributed by atoms with Gasteiger partial charge in [-0.05, 0) is 94.7 Å². The zero-order chi connectivity index (χ0) is 33.1. The molecule has 2 aromatic carbocycles. The van der Waals surface area contributed by atoms with E-state index in [2.05, 4.69) is 10.6 Å². The lowest BCUT2D eigenvalue weighted by Gasteiger charge is -2.37. The lowest BCUT2D eigenvalue weighted by Crippen LogP contribution is -2.57. The molecule has 1 saturated heterocycles. The Labute approximate surface area is 262 Å². The summed E-state index contributed by atoms with van der Waals surface area (Å²) < 4.78 is 39.9. The van der Waals surface area contributed by atoms with E-state index in [4.69, 9.17) is 15.2 Å². The highest BCUT2D eigenvalue weighted by Crippen LogP contribution is 2.36. The Morgan fingerprint density at radius 2 is 1.62 bits per heavy atom. The smallest absolute Gasteiger partial charge is 0.410 e. The molecule has 12 heteroatoms. The van der Waals surface area contributed by atoms with E-state index in [-0.39, 0.29) is 24.5 Å². The van der Waals surface area contributed by atoms with E-state index in [0.717, 1.165) is 28.2 Å². The summed E-state index contributed by atoms with van der Waals surface area (Å²) >= 11 is 0. The standard InChI is InChI=1S/C33H42F2N4O6/c1-18(39(5)32(43)45-33(2,3)4)30(41)37-27(19-11-13-44-14-12-19)29(40)23-17-21-15-22(36)10-9-20(21)16-24(23)31(42)38-28-25(34)7-6-8-26(28)35/h6-10,15,18-19,23-24,27H,11-14,16-17,36H2,1-5H3,(H,37,41)(H,38,42)/t18-,23?,24+,27-/m0/s1. The van der Waals surface area contributed by atoms with Gasteiger partial charge in [0, 0.05) is 31.9 Å². The second-order valence-corrected chi connectivity index (χ2v) is 12.8. The number of ketones is 1. The summed E-state index contributed by atoms with van der Waals surface area (Å²) in [6.45, 7) is 7.45. The number of ether oxygens (including phenoxy) is 2. The van der Waals surface area contributed by atoms with Crippen molar-refractivity contribution in [3.63, 3.8) is 0 Å². The number of Topliss-reactive ketones (excluding diaryl/α,β-unsaturated/α-hetero) is 1. The number of carbonyl (C=O) groups excluding carboxylic acids is 4. The van der Waals surface area contributed by atoms with Gasteiger partial charge in [0.1, 0.15) is 29.0 Å². The first-order valence-electron chi connectivity index (χ1n) is 15.2. The highest BCUT2D eigenvalue weighted by atomic mass is 19.1. The van der Waals surface area contributed by atoms with Crippen LogP contribution >= 0.6 is 0 Å². The Bertz CT molecular complexity index is 1420. The van der Waals surface area contributed by atoms with Crippen molar-refractivity contribution >= 4 is 35.1 Å². The van der Waals surface area contributed by atoms with E-state index in [1.807, 2.05) is 0 Å². The van der Waals surface area contributed by atoms with Gasteiger partial charge in [0.2, 0.25) is 11.8 Å². The number of nitrogens with two attached hydrogens (primary N) is 1. The van der Waals surface area contributed by atoms with Gasteiger partial charge in [0.15, 0.2) is 5.78 Å². The number of hydrogen-bond acceptors (Lipinski definition) is 7. The normalized spacial score (nSPS) is 19.9. The van der Waals surface area contributed by atoms with E-state index < -0.39 is 64.7 Å². The van der Waals surface area contributed by atoms with Gasteiger partial charge in [-0.1, -0.05) is 12.1 Å². The first kappa shape index (κ1) is 33.8. The van der Waals surface area contributed by atoms with Gasteiger partial charge in [-0.2, -0.15) is 0 Å². The number of nitrogens with one attached hydrogen (secondary N) is 2. The Morgan fingerprint density at radius 3 is 2.24 bits per heavy atom. The van der Waals surface area contributed by atoms with Crippen LogP contribution in [0.5, 0.6) is 0 Å².